The summed E-state index contributed by atoms with van der Waals surface area (Å²) in [6, 6.07) is 6.47. The van der Waals surface area contributed by atoms with Crippen molar-refractivity contribution >= 4 is 0 Å². The summed E-state index contributed by atoms with van der Waals surface area (Å²) in [5.74, 6) is 7.83. The third kappa shape index (κ3) is 4.71. The van der Waals surface area contributed by atoms with Crippen LogP contribution in [0.4, 0.5) is 4.39 Å². The van der Waals surface area contributed by atoms with Crippen LogP contribution in [0.15, 0.2) is 24.3 Å². The molecule has 0 aliphatic heterocycles. The van der Waals surface area contributed by atoms with E-state index in [0.717, 1.165) is 11.5 Å². The van der Waals surface area contributed by atoms with Crippen molar-refractivity contribution in [2.45, 2.75) is 51.9 Å². The van der Waals surface area contributed by atoms with Gasteiger partial charge in [0, 0.05) is 11.5 Å². The average Bonchev–Trinajstić information content (AvgIpc) is 2.46. The van der Waals surface area contributed by atoms with Gasteiger partial charge in [-0.1, -0.05) is 38.0 Å². The fourth-order valence-electron chi connectivity index (χ4n) is 2.81. The van der Waals surface area contributed by atoms with Gasteiger partial charge in [0.2, 0.25) is 0 Å². The van der Waals surface area contributed by atoms with Gasteiger partial charge in [-0.15, -0.1) is 0 Å². The molecule has 1 aromatic carbocycles. The molecule has 0 amide bonds. The van der Waals surface area contributed by atoms with Gasteiger partial charge in [-0.2, -0.15) is 0 Å². The Morgan fingerprint density at radius 3 is 2.42 bits per heavy atom. The molecule has 0 spiro atoms. The summed E-state index contributed by atoms with van der Waals surface area (Å²) in [6.07, 6.45) is 9.23. The normalized spacial score (nSPS) is 22.6. The monoisotopic (exact) mass is 258 g/mol. The molecule has 0 aromatic heterocycles. The molecule has 0 bridgehead atoms. The highest BCUT2D eigenvalue weighted by Crippen LogP contribution is 2.31. The molecular formula is C18H23F. The minimum atomic E-state index is -0.193. The van der Waals surface area contributed by atoms with Gasteiger partial charge in [-0.05, 0) is 55.9 Å². The maximum atomic E-state index is 12.8. The molecule has 19 heavy (non-hydrogen) atoms. The summed E-state index contributed by atoms with van der Waals surface area (Å²) >= 11 is 0. The number of hydrogen-bond donors (Lipinski definition) is 0. The van der Waals surface area contributed by atoms with Gasteiger partial charge in [0.05, 0.1) is 0 Å². The minimum absolute atomic E-state index is 0.193. The molecule has 102 valence electrons. The molecule has 1 heteroatoms. The lowest BCUT2D eigenvalue weighted by Crippen LogP contribution is -2.13. The van der Waals surface area contributed by atoms with Crippen LogP contribution >= 0.6 is 0 Å². The molecule has 2 rings (SSSR count). The van der Waals surface area contributed by atoms with E-state index in [-0.39, 0.29) is 5.82 Å². The third-order valence-corrected chi connectivity index (χ3v) is 4.08. The SMILES string of the molecule is CCCCC1CCC(C#Cc2ccc(F)cc2)CC1. The first-order valence-electron chi connectivity index (χ1n) is 7.55. The van der Waals surface area contributed by atoms with Crippen molar-refractivity contribution in [3.8, 4) is 11.8 Å². The van der Waals surface area contributed by atoms with Crippen molar-refractivity contribution in [2.24, 2.45) is 11.8 Å². The second kappa shape index (κ2) is 7.34. The molecule has 0 radical (unpaired) electrons. The van der Waals surface area contributed by atoms with E-state index in [9.17, 15) is 4.39 Å². The van der Waals surface area contributed by atoms with Crippen LogP contribution in [0.25, 0.3) is 0 Å². The summed E-state index contributed by atoms with van der Waals surface area (Å²) in [5.41, 5.74) is 0.925. The van der Waals surface area contributed by atoms with Crippen LogP contribution in [0.2, 0.25) is 0 Å². The van der Waals surface area contributed by atoms with Gasteiger partial charge in [-0.25, -0.2) is 4.39 Å². The van der Waals surface area contributed by atoms with Crippen LogP contribution in [-0.2, 0) is 0 Å². The Kier molecular flexibility index (Phi) is 5.45. The van der Waals surface area contributed by atoms with Crippen molar-refractivity contribution < 1.29 is 4.39 Å². The number of unbranched alkanes of at least 4 members (excludes halogenated alkanes) is 1. The van der Waals surface area contributed by atoms with Crippen molar-refractivity contribution in [1.82, 2.24) is 0 Å². The molecule has 0 heterocycles. The zero-order valence-corrected chi connectivity index (χ0v) is 11.8. The van der Waals surface area contributed by atoms with E-state index >= 15 is 0 Å². The summed E-state index contributed by atoms with van der Waals surface area (Å²) < 4.78 is 12.8. The van der Waals surface area contributed by atoms with Gasteiger partial charge < -0.3 is 0 Å². The van der Waals surface area contributed by atoms with Gasteiger partial charge in [0.1, 0.15) is 5.82 Å². The van der Waals surface area contributed by atoms with Crippen LogP contribution < -0.4 is 0 Å². The van der Waals surface area contributed by atoms with Crippen molar-refractivity contribution in [2.75, 3.05) is 0 Å². The standard InChI is InChI=1S/C18H23F/c1-2-3-4-15-5-7-16(8-6-15)9-10-17-11-13-18(19)14-12-17/h11-16H,2-8H2,1H3. The van der Waals surface area contributed by atoms with Crippen LogP contribution in [0, 0.1) is 29.5 Å². The van der Waals surface area contributed by atoms with E-state index in [2.05, 4.69) is 18.8 Å². The lowest BCUT2D eigenvalue weighted by molar-refractivity contribution is 0.296. The molecule has 1 fully saturated rings. The predicted molar refractivity (Wildman–Crippen MR) is 78.3 cm³/mol. The zero-order chi connectivity index (χ0) is 13.5. The molecule has 0 nitrogen and oxygen atoms in total. The second-order valence-corrected chi connectivity index (χ2v) is 5.64. The lowest BCUT2D eigenvalue weighted by Gasteiger charge is -2.25. The van der Waals surface area contributed by atoms with Crippen LogP contribution in [0.3, 0.4) is 0 Å². The van der Waals surface area contributed by atoms with Gasteiger partial charge in [-0.3, -0.25) is 0 Å². The Labute approximate surface area is 116 Å². The van der Waals surface area contributed by atoms with Crippen molar-refractivity contribution in [3.63, 3.8) is 0 Å². The van der Waals surface area contributed by atoms with Crippen LogP contribution in [0.5, 0.6) is 0 Å². The Hall–Kier alpha value is -1.29. The molecule has 0 saturated heterocycles. The first kappa shape index (κ1) is 14.1. The van der Waals surface area contributed by atoms with Crippen molar-refractivity contribution in [3.05, 3.63) is 35.6 Å². The fraction of sp³-hybridized carbons (Fsp3) is 0.556. The Morgan fingerprint density at radius 1 is 1.11 bits per heavy atom. The maximum Gasteiger partial charge on any atom is 0.123 e. The number of hydrogen-bond acceptors (Lipinski definition) is 0. The lowest BCUT2D eigenvalue weighted by atomic mass is 9.80. The highest BCUT2D eigenvalue weighted by atomic mass is 19.1. The van der Waals surface area contributed by atoms with Gasteiger partial charge >= 0.3 is 0 Å². The first-order chi connectivity index (χ1) is 9.28. The van der Waals surface area contributed by atoms with E-state index in [4.69, 9.17) is 0 Å². The molecule has 1 aliphatic carbocycles. The largest absolute Gasteiger partial charge is 0.207 e. The minimum Gasteiger partial charge on any atom is -0.207 e. The number of rotatable bonds is 3. The Morgan fingerprint density at radius 2 is 1.79 bits per heavy atom. The molecule has 0 N–H and O–H groups in total. The van der Waals surface area contributed by atoms with Gasteiger partial charge in [0.15, 0.2) is 0 Å². The maximum absolute atomic E-state index is 12.8. The van der Waals surface area contributed by atoms with Crippen molar-refractivity contribution in [1.29, 1.82) is 0 Å². The summed E-state index contributed by atoms with van der Waals surface area (Å²) in [7, 11) is 0. The average molecular weight is 258 g/mol. The van der Waals surface area contributed by atoms with E-state index in [0.29, 0.717) is 5.92 Å². The molecule has 1 aromatic rings. The molecule has 1 saturated carbocycles. The Balaban J connectivity index is 1.81. The zero-order valence-electron chi connectivity index (χ0n) is 11.8. The quantitative estimate of drug-likeness (QED) is 0.656. The third-order valence-electron chi connectivity index (χ3n) is 4.08. The molecule has 0 unspecified atom stereocenters. The van der Waals surface area contributed by atoms with E-state index in [1.54, 1.807) is 12.1 Å². The summed E-state index contributed by atoms with van der Waals surface area (Å²) in [5, 5.41) is 0. The highest BCUT2D eigenvalue weighted by molar-refractivity contribution is 5.34. The van der Waals surface area contributed by atoms with E-state index in [1.807, 2.05) is 0 Å². The van der Waals surface area contributed by atoms with E-state index < -0.39 is 0 Å². The molecule has 1 aliphatic rings. The molecule has 0 atom stereocenters. The smallest absolute Gasteiger partial charge is 0.123 e. The fourth-order valence-corrected chi connectivity index (χ4v) is 2.81. The summed E-state index contributed by atoms with van der Waals surface area (Å²) in [6.45, 7) is 2.26. The topological polar surface area (TPSA) is 0 Å². The van der Waals surface area contributed by atoms with Gasteiger partial charge in [0.25, 0.3) is 0 Å². The molecular weight excluding hydrogens is 235 g/mol. The number of benzene rings is 1. The van der Waals surface area contributed by atoms with E-state index in [1.165, 1.54) is 57.1 Å². The Bertz CT molecular complexity index is 427. The highest BCUT2D eigenvalue weighted by Gasteiger charge is 2.19. The summed E-state index contributed by atoms with van der Waals surface area (Å²) in [4.78, 5) is 0. The first-order valence-corrected chi connectivity index (χ1v) is 7.55. The number of halogens is 1. The van der Waals surface area contributed by atoms with Crippen LogP contribution in [0.1, 0.15) is 57.4 Å². The van der Waals surface area contributed by atoms with Crippen LogP contribution in [-0.4, -0.2) is 0 Å². The predicted octanol–water partition coefficient (Wildman–Crippen LogP) is 5.17. The second-order valence-electron chi connectivity index (χ2n) is 5.64.